The summed E-state index contributed by atoms with van der Waals surface area (Å²) in [6.45, 7) is 14.8. The van der Waals surface area contributed by atoms with Crippen LogP contribution in [-0.2, 0) is 40.9 Å². The molecule has 0 aliphatic carbocycles. The molecule has 33 heavy (non-hydrogen) atoms. The molecule has 0 atom stereocenters. The maximum Gasteiger partial charge on any atom is 4.00 e. The molecule has 0 amide bonds. The second kappa shape index (κ2) is 28.6. The zero-order valence-electron chi connectivity index (χ0n) is 21.7. The van der Waals surface area contributed by atoms with E-state index in [2.05, 4.69) is 0 Å². The van der Waals surface area contributed by atoms with Crippen LogP contribution in [0, 0.1) is 23.7 Å². The number of hydrogen-bond donors (Lipinski definition) is 0. The van der Waals surface area contributed by atoms with Crippen LogP contribution in [0.1, 0.15) is 107 Å². The summed E-state index contributed by atoms with van der Waals surface area (Å²) in [6.07, 6.45) is 5.44. The third kappa shape index (κ3) is 26.7. The molecule has 0 fully saturated rings. The minimum absolute atomic E-state index is 0. The van der Waals surface area contributed by atoms with Gasteiger partial charge < -0.3 is 39.6 Å². The molecule has 0 aromatic carbocycles. The number of rotatable bonds is 12. The van der Waals surface area contributed by atoms with Crippen molar-refractivity contribution in [2.45, 2.75) is 107 Å². The van der Waals surface area contributed by atoms with E-state index in [0.717, 1.165) is 0 Å². The first-order valence-electron chi connectivity index (χ1n) is 11.7. The minimum atomic E-state index is -0.921. The quantitative estimate of drug-likeness (QED) is 0.348. The average molecular weight is 508 g/mol. The minimum Gasteiger partial charge on any atom is -0.550 e. The van der Waals surface area contributed by atoms with E-state index in [0.29, 0.717) is 51.4 Å². The topological polar surface area (TPSA) is 161 Å². The van der Waals surface area contributed by atoms with Gasteiger partial charge >= 0.3 is 21.7 Å². The molecule has 0 N–H and O–H groups in total. The van der Waals surface area contributed by atoms with E-state index in [1.165, 1.54) is 0 Å². The summed E-state index contributed by atoms with van der Waals surface area (Å²) >= 11 is 0. The Balaban J connectivity index is -0.000000105. The van der Waals surface area contributed by atoms with Crippen molar-refractivity contribution in [1.82, 2.24) is 0 Å². The summed E-state index contributed by atoms with van der Waals surface area (Å²) in [5.41, 5.74) is 0. The molecule has 0 saturated carbocycles. The van der Waals surface area contributed by atoms with Gasteiger partial charge in [-0.1, -0.05) is 55.4 Å². The monoisotopic (exact) mass is 508 g/mol. The molecule has 0 aliphatic rings. The standard InChI is InChI=1S/4C6H12O2.Ti/c4*1-3-5(4-2)6(7)8;/h4*5H,3-4H2,1-2H3,(H,7,8);/q;;;;+4/p-4. The summed E-state index contributed by atoms with van der Waals surface area (Å²) in [5, 5.41) is 40.2. The van der Waals surface area contributed by atoms with Gasteiger partial charge in [0.2, 0.25) is 0 Å². The van der Waals surface area contributed by atoms with Crippen molar-refractivity contribution < 1.29 is 61.3 Å². The molecule has 0 aromatic rings. The van der Waals surface area contributed by atoms with Gasteiger partial charge in [0.1, 0.15) is 0 Å². The molecule has 0 bridgehead atoms. The predicted octanol–water partition coefficient (Wildman–Crippen LogP) is 0.688. The van der Waals surface area contributed by atoms with Crippen LogP contribution in [0.15, 0.2) is 0 Å². The first-order chi connectivity index (χ1) is 14.9. The van der Waals surface area contributed by atoms with Crippen molar-refractivity contribution in [1.29, 1.82) is 0 Å². The summed E-state index contributed by atoms with van der Waals surface area (Å²) in [6, 6.07) is 0. The Kier molecular flexibility index (Phi) is 36.3. The number of carbonyl (C=O) groups excluding carboxylic acids is 4. The average Bonchev–Trinajstić information content (AvgIpc) is 2.72. The van der Waals surface area contributed by atoms with Crippen LogP contribution in [0.2, 0.25) is 0 Å². The van der Waals surface area contributed by atoms with Crippen LogP contribution >= 0.6 is 0 Å². The Labute approximate surface area is 215 Å². The van der Waals surface area contributed by atoms with E-state index in [-0.39, 0.29) is 45.4 Å². The second-order valence-electron chi connectivity index (χ2n) is 7.33. The fourth-order valence-electron chi connectivity index (χ4n) is 2.49. The van der Waals surface area contributed by atoms with Gasteiger partial charge in [0, 0.05) is 23.9 Å². The maximum atomic E-state index is 10.1. The summed E-state index contributed by atoms with van der Waals surface area (Å²) in [4.78, 5) is 40.2. The summed E-state index contributed by atoms with van der Waals surface area (Å²) < 4.78 is 0. The first kappa shape index (κ1) is 41.8. The van der Waals surface area contributed by atoms with Crippen molar-refractivity contribution in [3.05, 3.63) is 0 Å². The molecule has 0 unspecified atom stereocenters. The van der Waals surface area contributed by atoms with Gasteiger partial charge in [-0.05, 0) is 75.0 Å². The molecule has 0 rings (SSSR count). The Morgan fingerprint density at radius 3 is 0.485 bits per heavy atom. The van der Waals surface area contributed by atoms with Crippen LogP contribution in [0.3, 0.4) is 0 Å². The zero-order chi connectivity index (χ0) is 26.3. The van der Waals surface area contributed by atoms with Crippen LogP contribution in [0.4, 0.5) is 0 Å². The predicted molar refractivity (Wildman–Crippen MR) is 116 cm³/mol. The van der Waals surface area contributed by atoms with Gasteiger partial charge in [-0.15, -0.1) is 0 Å². The molecule has 0 spiro atoms. The van der Waals surface area contributed by atoms with Crippen LogP contribution in [0.5, 0.6) is 0 Å². The van der Waals surface area contributed by atoms with Gasteiger partial charge in [-0.2, -0.15) is 0 Å². The summed E-state index contributed by atoms with van der Waals surface area (Å²) in [7, 11) is 0. The number of carboxylic acids is 4. The van der Waals surface area contributed by atoms with Crippen LogP contribution in [-0.4, -0.2) is 23.9 Å². The van der Waals surface area contributed by atoms with Crippen molar-refractivity contribution in [2.75, 3.05) is 0 Å². The molecule has 0 saturated heterocycles. The van der Waals surface area contributed by atoms with Crippen molar-refractivity contribution in [2.24, 2.45) is 23.7 Å². The number of carbonyl (C=O) groups is 4. The molecule has 192 valence electrons. The third-order valence-corrected chi connectivity index (χ3v) is 5.28. The first-order valence-corrected chi connectivity index (χ1v) is 11.7. The smallest absolute Gasteiger partial charge is 0.550 e. The molecular formula is C24H44O8Ti. The Morgan fingerprint density at radius 1 is 0.394 bits per heavy atom. The molecular weight excluding hydrogens is 464 g/mol. The van der Waals surface area contributed by atoms with Crippen molar-refractivity contribution in [3.8, 4) is 0 Å². The molecule has 0 radical (unpaired) electrons. The molecule has 0 heterocycles. The zero-order valence-corrected chi connectivity index (χ0v) is 23.3. The van der Waals surface area contributed by atoms with Gasteiger partial charge in [-0.25, -0.2) is 0 Å². The number of hydrogen-bond acceptors (Lipinski definition) is 8. The van der Waals surface area contributed by atoms with E-state index >= 15 is 0 Å². The Bertz CT molecular complexity index is 393. The van der Waals surface area contributed by atoms with E-state index in [1.54, 1.807) is 0 Å². The van der Waals surface area contributed by atoms with Crippen LogP contribution in [0.25, 0.3) is 0 Å². The fourth-order valence-corrected chi connectivity index (χ4v) is 2.49. The fraction of sp³-hybridized carbons (Fsp3) is 0.833. The normalized spacial score (nSPS) is 9.58. The SMILES string of the molecule is CCC(CC)C(=O)[O-].CCC(CC)C(=O)[O-].CCC(CC)C(=O)[O-].CCC(CC)C(=O)[O-].[Ti+4]. The van der Waals surface area contributed by atoms with Gasteiger partial charge in [0.15, 0.2) is 0 Å². The molecule has 9 heteroatoms. The van der Waals surface area contributed by atoms with E-state index < -0.39 is 23.9 Å². The Morgan fingerprint density at radius 2 is 0.485 bits per heavy atom. The van der Waals surface area contributed by atoms with Crippen LogP contribution < -0.4 is 20.4 Å². The number of aliphatic carboxylic acids is 4. The van der Waals surface area contributed by atoms with Crippen molar-refractivity contribution >= 4 is 23.9 Å². The maximum absolute atomic E-state index is 10.1. The largest absolute Gasteiger partial charge is 4.00 e. The van der Waals surface area contributed by atoms with Crippen molar-refractivity contribution in [3.63, 3.8) is 0 Å². The van der Waals surface area contributed by atoms with E-state index in [9.17, 15) is 39.6 Å². The van der Waals surface area contributed by atoms with Gasteiger partial charge in [0.05, 0.1) is 0 Å². The van der Waals surface area contributed by atoms with E-state index in [4.69, 9.17) is 0 Å². The van der Waals surface area contributed by atoms with Gasteiger partial charge in [-0.3, -0.25) is 0 Å². The molecule has 0 aliphatic heterocycles. The second-order valence-corrected chi connectivity index (χ2v) is 7.33. The third-order valence-electron chi connectivity index (χ3n) is 5.28. The number of carboxylic acid groups (broad SMARTS) is 4. The summed E-state index contributed by atoms with van der Waals surface area (Å²) in [5.74, 6) is -4.65. The molecule has 0 aromatic heterocycles. The van der Waals surface area contributed by atoms with Gasteiger partial charge in [0.25, 0.3) is 0 Å². The Hall–Kier alpha value is -1.41. The van der Waals surface area contributed by atoms with E-state index in [1.807, 2.05) is 55.4 Å². The molecule has 8 nitrogen and oxygen atoms in total.